The van der Waals surface area contributed by atoms with Gasteiger partial charge in [0.15, 0.2) is 11.5 Å². The van der Waals surface area contributed by atoms with Gasteiger partial charge < -0.3 is 30.3 Å². The number of aliphatic carboxylic acids is 1. The van der Waals surface area contributed by atoms with Gasteiger partial charge in [-0.1, -0.05) is 0 Å². The number of anilines is 1. The number of ether oxygens (including phenoxy) is 2. The number of nitrogens with one attached hydrogen (secondary N) is 2. The molecule has 0 unspecified atom stereocenters. The molecule has 1 aromatic carbocycles. The average molecular weight is 296 g/mol. The number of rotatable bonds is 5. The highest BCUT2D eigenvalue weighted by Gasteiger charge is 2.19. The maximum absolute atomic E-state index is 11.7. The third-order valence-electron chi connectivity index (χ3n) is 2.82. The maximum atomic E-state index is 11.7. The van der Waals surface area contributed by atoms with E-state index in [9.17, 15) is 9.59 Å². The molecule has 4 N–H and O–H groups in total. The molecule has 8 nitrogen and oxygen atoms in total. The quantitative estimate of drug-likeness (QED) is 0.625. The van der Waals surface area contributed by atoms with Gasteiger partial charge in [-0.15, -0.1) is 0 Å². The first-order valence-electron chi connectivity index (χ1n) is 6.41. The molecular formula is C13H16N2O6. The van der Waals surface area contributed by atoms with Crippen molar-refractivity contribution in [1.82, 2.24) is 5.32 Å². The molecule has 114 valence electrons. The molecular weight excluding hydrogens is 280 g/mol. The van der Waals surface area contributed by atoms with E-state index >= 15 is 0 Å². The zero-order valence-corrected chi connectivity index (χ0v) is 11.2. The molecule has 2 rings (SSSR count). The van der Waals surface area contributed by atoms with Crippen molar-refractivity contribution in [3.05, 3.63) is 18.2 Å². The van der Waals surface area contributed by atoms with Crippen LogP contribution in [0, 0.1) is 0 Å². The molecule has 21 heavy (non-hydrogen) atoms. The lowest BCUT2D eigenvalue weighted by atomic mass is 10.2. The summed E-state index contributed by atoms with van der Waals surface area (Å²) >= 11 is 0. The first-order valence-corrected chi connectivity index (χ1v) is 6.41. The van der Waals surface area contributed by atoms with Gasteiger partial charge in [0.1, 0.15) is 19.3 Å². The number of fused-ring (bicyclic) bond motifs is 1. The van der Waals surface area contributed by atoms with Crippen molar-refractivity contribution >= 4 is 17.7 Å². The van der Waals surface area contributed by atoms with Crippen molar-refractivity contribution in [2.75, 3.05) is 25.1 Å². The van der Waals surface area contributed by atoms with Crippen LogP contribution in [0.15, 0.2) is 18.2 Å². The van der Waals surface area contributed by atoms with E-state index < -0.39 is 18.0 Å². The van der Waals surface area contributed by atoms with Crippen molar-refractivity contribution < 1.29 is 29.3 Å². The van der Waals surface area contributed by atoms with Crippen molar-refractivity contribution in [2.24, 2.45) is 0 Å². The predicted octanol–water partition coefficient (Wildman–Crippen LogP) is 0.415. The number of carboxylic acid groups (broad SMARTS) is 1. The molecule has 0 aliphatic carbocycles. The van der Waals surface area contributed by atoms with Gasteiger partial charge in [0.05, 0.1) is 0 Å². The maximum Gasteiger partial charge on any atom is 0.326 e. The highest BCUT2D eigenvalue weighted by molar-refractivity contribution is 5.92. The van der Waals surface area contributed by atoms with E-state index in [1.807, 2.05) is 0 Å². The Kier molecular flexibility index (Phi) is 4.83. The second-order valence-corrected chi connectivity index (χ2v) is 4.36. The van der Waals surface area contributed by atoms with E-state index in [1.165, 1.54) is 0 Å². The number of carbonyl (C=O) groups excluding carboxylic acids is 1. The average Bonchev–Trinajstić information content (AvgIpc) is 2.46. The van der Waals surface area contributed by atoms with Crippen LogP contribution in [0.5, 0.6) is 11.5 Å². The largest absolute Gasteiger partial charge is 0.486 e. The van der Waals surface area contributed by atoms with E-state index in [0.29, 0.717) is 30.4 Å². The molecule has 2 amide bonds. The molecule has 0 saturated heterocycles. The lowest BCUT2D eigenvalue weighted by molar-refractivity contribution is -0.139. The lowest BCUT2D eigenvalue weighted by Crippen LogP contribution is -2.43. The molecule has 1 aliphatic rings. The number of carboxylic acids is 1. The van der Waals surface area contributed by atoms with E-state index in [0.717, 1.165) is 0 Å². The monoisotopic (exact) mass is 296 g/mol. The summed E-state index contributed by atoms with van der Waals surface area (Å²) in [6, 6.07) is 3.05. The molecule has 1 aromatic rings. The fraction of sp³-hybridized carbons (Fsp3) is 0.385. The smallest absolute Gasteiger partial charge is 0.326 e. The van der Waals surface area contributed by atoms with Crippen molar-refractivity contribution in [3.63, 3.8) is 0 Å². The molecule has 8 heteroatoms. The second kappa shape index (κ2) is 6.80. The van der Waals surface area contributed by atoms with Gasteiger partial charge in [-0.05, 0) is 12.1 Å². The number of hydrogen-bond donors (Lipinski definition) is 4. The minimum Gasteiger partial charge on any atom is -0.486 e. The van der Waals surface area contributed by atoms with Crippen LogP contribution in [0.4, 0.5) is 10.5 Å². The zero-order chi connectivity index (χ0) is 15.2. The zero-order valence-electron chi connectivity index (χ0n) is 11.2. The predicted molar refractivity (Wildman–Crippen MR) is 72.7 cm³/mol. The molecule has 0 fully saturated rings. The van der Waals surface area contributed by atoms with Crippen LogP contribution in [0.1, 0.15) is 6.42 Å². The third kappa shape index (κ3) is 3.99. The summed E-state index contributed by atoms with van der Waals surface area (Å²) in [5, 5.41) is 22.4. The van der Waals surface area contributed by atoms with Crippen LogP contribution in [0.25, 0.3) is 0 Å². The Hall–Kier alpha value is -2.48. The van der Waals surface area contributed by atoms with Crippen LogP contribution < -0.4 is 20.1 Å². The summed E-state index contributed by atoms with van der Waals surface area (Å²) in [7, 11) is 0. The van der Waals surface area contributed by atoms with Gasteiger partial charge in [0, 0.05) is 24.8 Å². The minimum absolute atomic E-state index is 0.0656. The fourth-order valence-corrected chi connectivity index (χ4v) is 1.83. The number of carbonyl (C=O) groups is 2. The highest BCUT2D eigenvalue weighted by atomic mass is 16.6. The normalized spacial score (nSPS) is 14.1. The molecule has 0 bridgehead atoms. The number of aliphatic hydroxyl groups is 1. The second-order valence-electron chi connectivity index (χ2n) is 4.36. The number of amides is 2. The number of urea groups is 1. The third-order valence-corrected chi connectivity index (χ3v) is 2.82. The summed E-state index contributed by atoms with van der Waals surface area (Å²) in [4.78, 5) is 22.6. The minimum atomic E-state index is -1.21. The Morgan fingerprint density at radius 1 is 1.24 bits per heavy atom. The van der Waals surface area contributed by atoms with Gasteiger partial charge in [-0.2, -0.15) is 0 Å². The molecule has 1 atom stereocenters. The fourth-order valence-electron chi connectivity index (χ4n) is 1.83. The van der Waals surface area contributed by atoms with Crippen LogP contribution >= 0.6 is 0 Å². The van der Waals surface area contributed by atoms with Gasteiger partial charge in [0.2, 0.25) is 0 Å². The Balaban J connectivity index is 1.97. The summed E-state index contributed by atoms with van der Waals surface area (Å²) in [5.74, 6) is -0.0959. The first kappa shape index (κ1) is 14.9. The molecule has 0 spiro atoms. The number of benzene rings is 1. The van der Waals surface area contributed by atoms with Gasteiger partial charge in [0.25, 0.3) is 0 Å². The Morgan fingerprint density at radius 2 is 1.95 bits per heavy atom. The molecule has 0 radical (unpaired) electrons. The van der Waals surface area contributed by atoms with Crippen molar-refractivity contribution in [1.29, 1.82) is 0 Å². The van der Waals surface area contributed by atoms with Crippen molar-refractivity contribution in [3.8, 4) is 11.5 Å². The summed E-state index contributed by atoms with van der Waals surface area (Å²) in [5.41, 5.74) is 0.449. The van der Waals surface area contributed by atoms with E-state index in [2.05, 4.69) is 10.6 Å². The van der Waals surface area contributed by atoms with Gasteiger partial charge in [-0.25, -0.2) is 9.59 Å². The van der Waals surface area contributed by atoms with E-state index in [1.54, 1.807) is 18.2 Å². The first-order chi connectivity index (χ1) is 10.1. The van der Waals surface area contributed by atoms with Crippen molar-refractivity contribution in [2.45, 2.75) is 12.5 Å². The van der Waals surface area contributed by atoms with E-state index in [4.69, 9.17) is 19.7 Å². The SMILES string of the molecule is O=C(Nc1ccc2c(c1)OCCO2)N[C@@H](CCO)C(=O)O. The van der Waals surface area contributed by atoms with Gasteiger partial charge >= 0.3 is 12.0 Å². The summed E-state index contributed by atoms with van der Waals surface area (Å²) in [6.45, 7) is 0.573. The molecule has 1 aliphatic heterocycles. The Morgan fingerprint density at radius 3 is 2.62 bits per heavy atom. The molecule has 0 saturated carbocycles. The van der Waals surface area contributed by atoms with Crippen LogP contribution in [-0.4, -0.2) is 48.1 Å². The van der Waals surface area contributed by atoms with Crippen LogP contribution in [-0.2, 0) is 4.79 Å². The highest BCUT2D eigenvalue weighted by Crippen LogP contribution is 2.32. The topological polar surface area (TPSA) is 117 Å². The number of hydrogen-bond acceptors (Lipinski definition) is 5. The van der Waals surface area contributed by atoms with Crippen LogP contribution in [0.2, 0.25) is 0 Å². The Labute approximate surface area is 120 Å². The number of aliphatic hydroxyl groups excluding tert-OH is 1. The standard InChI is InChI=1S/C13H16N2O6/c16-4-3-9(12(17)18)15-13(19)14-8-1-2-10-11(7-8)21-6-5-20-10/h1-2,7,9,16H,3-6H2,(H,17,18)(H2,14,15,19)/t9-/m0/s1. The summed E-state index contributed by atoms with van der Waals surface area (Å²) in [6.07, 6.45) is -0.0656. The van der Waals surface area contributed by atoms with Crippen LogP contribution in [0.3, 0.4) is 0 Å². The lowest BCUT2D eigenvalue weighted by Gasteiger charge is -2.19. The van der Waals surface area contributed by atoms with Gasteiger partial charge in [-0.3, -0.25) is 0 Å². The molecule has 0 aromatic heterocycles. The molecule has 1 heterocycles. The summed E-state index contributed by atoms with van der Waals surface area (Å²) < 4.78 is 10.7. The van der Waals surface area contributed by atoms with E-state index in [-0.39, 0.29) is 13.0 Å². The Bertz CT molecular complexity index is 533.